The second-order valence-electron chi connectivity index (χ2n) is 9.47. The predicted molar refractivity (Wildman–Crippen MR) is 104 cm³/mol. The third-order valence-electron chi connectivity index (χ3n) is 6.93. The molecule has 0 aliphatic carbocycles. The van der Waals surface area contributed by atoms with Gasteiger partial charge >= 0.3 is 11.9 Å². The van der Waals surface area contributed by atoms with E-state index in [0.717, 1.165) is 45.2 Å². The van der Waals surface area contributed by atoms with E-state index in [0.29, 0.717) is 12.3 Å². The second-order valence-corrected chi connectivity index (χ2v) is 9.47. The second kappa shape index (κ2) is 9.20. The van der Waals surface area contributed by atoms with E-state index in [1.165, 1.54) is 7.11 Å². The minimum absolute atomic E-state index is 0.0653. The number of carboxylic acids is 1. The first-order valence-corrected chi connectivity index (χ1v) is 9.97. The molecule has 5 heteroatoms. The molecular weight excluding hydrogens is 330 g/mol. The molecule has 1 rings (SSSR count). The Morgan fingerprint density at radius 3 is 2.12 bits per heavy atom. The summed E-state index contributed by atoms with van der Waals surface area (Å²) < 4.78 is 5.16. The van der Waals surface area contributed by atoms with Crippen molar-refractivity contribution in [2.75, 3.05) is 20.2 Å². The highest BCUT2D eigenvalue weighted by Gasteiger charge is 2.51. The zero-order valence-electron chi connectivity index (χ0n) is 17.6. The normalized spacial score (nSPS) is 19.0. The van der Waals surface area contributed by atoms with Gasteiger partial charge in [0.1, 0.15) is 0 Å². The Bertz CT molecular complexity index is 480. The minimum Gasteiger partial charge on any atom is -0.481 e. The van der Waals surface area contributed by atoms with Crippen LogP contribution < -0.4 is 5.32 Å². The largest absolute Gasteiger partial charge is 0.481 e. The third kappa shape index (κ3) is 5.70. The van der Waals surface area contributed by atoms with Crippen molar-refractivity contribution in [3.05, 3.63) is 0 Å². The number of piperidine rings is 1. The first-order valence-electron chi connectivity index (χ1n) is 9.97. The number of ether oxygens (including phenoxy) is 1. The number of hydrogen-bond donors (Lipinski definition) is 2. The molecule has 0 amide bonds. The van der Waals surface area contributed by atoms with Crippen molar-refractivity contribution in [3.63, 3.8) is 0 Å². The molecule has 0 radical (unpaired) electrons. The Morgan fingerprint density at radius 2 is 1.62 bits per heavy atom. The van der Waals surface area contributed by atoms with Gasteiger partial charge in [0.05, 0.1) is 12.5 Å². The maximum Gasteiger partial charge on any atom is 0.311 e. The fourth-order valence-electron chi connectivity index (χ4n) is 4.42. The number of nitrogens with one attached hydrogen (secondary N) is 1. The summed E-state index contributed by atoms with van der Waals surface area (Å²) in [7, 11) is 1.47. The third-order valence-corrected chi connectivity index (χ3v) is 6.93. The zero-order chi connectivity index (χ0) is 20.0. The maximum absolute atomic E-state index is 12.6. The average Bonchev–Trinajstić information content (AvgIpc) is 2.59. The van der Waals surface area contributed by atoms with E-state index < -0.39 is 11.4 Å². The summed E-state index contributed by atoms with van der Waals surface area (Å²) in [5, 5.41) is 12.3. The SMILES string of the molecule is COC(=O)C(C)(C)C(C)(CCC(C)(C)CCCC(=O)O)C1CCNCC1. The molecule has 1 aliphatic rings. The van der Waals surface area contributed by atoms with Gasteiger partial charge in [-0.25, -0.2) is 0 Å². The lowest BCUT2D eigenvalue weighted by Crippen LogP contribution is -2.50. The van der Waals surface area contributed by atoms with Crippen molar-refractivity contribution in [2.24, 2.45) is 22.2 Å². The molecule has 0 spiro atoms. The van der Waals surface area contributed by atoms with Gasteiger partial charge in [0.15, 0.2) is 0 Å². The van der Waals surface area contributed by atoms with E-state index in [1.54, 1.807) is 0 Å². The van der Waals surface area contributed by atoms with Gasteiger partial charge in [-0.15, -0.1) is 0 Å². The molecule has 1 unspecified atom stereocenters. The summed E-state index contributed by atoms with van der Waals surface area (Å²) >= 11 is 0. The number of carbonyl (C=O) groups excluding carboxylic acids is 1. The van der Waals surface area contributed by atoms with Gasteiger partial charge in [-0.1, -0.05) is 20.8 Å². The summed E-state index contributed by atoms with van der Waals surface area (Å²) in [6.45, 7) is 12.7. The number of rotatable bonds is 10. The summed E-state index contributed by atoms with van der Waals surface area (Å²) in [6, 6.07) is 0. The molecule has 0 aromatic carbocycles. The van der Waals surface area contributed by atoms with E-state index >= 15 is 0 Å². The fraction of sp³-hybridized carbons (Fsp3) is 0.905. The van der Waals surface area contributed by atoms with Gasteiger partial charge < -0.3 is 15.2 Å². The van der Waals surface area contributed by atoms with Crippen LogP contribution in [-0.4, -0.2) is 37.2 Å². The number of hydrogen-bond acceptors (Lipinski definition) is 4. The first-order chi connectivity index (χ1) is 12.0. The average molecular weight is 370 g/mol. The highest BCUT2D eigenvalue weighted by atomic mass is 16.5. The Morgan fingerprint density at radius 1 is 1.04 bits per heavy atom. The molecule has 1 aliphatic heterocycles. The number of carboxylic acid groups (broad SMARTS) is 1. The van der Waals surface area contributed by atoms with E-state index in [-0.39, 0.29) is 23.2 Å². The van der Waals surface area contributed by atoms with Crippen LogP contribution in [0.1, 0.15) is 79.6 Å². The Balaban J connectivity index is 2.91. The summed E-state index contributed by atoms with van der Waals surface area (Å²) in [4.78, 5) is 23.4. The van der Waals surface area contributed by atoms with Gasteiger partial charge in [-0.3, -0.25) is 9.59 Å². The molecule has 0 saturated carbocycles. The lowest BCUT2D eigenvalue weighted by molar-refractivity contribution is -0.163. The molecule has 0 bridgehead atoms. The predicted octanol–water partition coefficient (Wildman–Crippen LogP) is 4.25. The standard InChI is InChI=1S/C21H39NO4/c1-19(2,11-7-8-17(23)24)12-13-21(5,16-9-14-22-15-10-16)20(3,4)18(25)26-6/h16,22H,7-15H2,1-6H3,(H,23,24). The molecule has 0 aromatic rings. The van der Waals surface area contributed by atoms with Crippen LogP contribution in [-0.2, 0) is 14.3 Å². The topological polar surface area (TPSA) is 75.6 Å². The van der Waals surface area contributed by atoms with Gasteiger partial charge in [0.2, 0.25) is 0 Å². The summed E-state index contributed by atoms with van der Waals surface area (Å²) in [5.41, 5.74) is -0.636. The van der Waals surface area contributed by atoms with Crippen LogP contribution in [0.3, 0.4) is 0 Å². The molecular formula is C21H39NO4. The molecule has 2 N–H and O–H groups in total. The van der Waals surface area contributed by atoms with Crippen LogP contribution in [0.4, 0.5) is 0 Å². The Hall–Kier alpha value is -1.10. The van der Waals surface area contributed by atoms with Crippen LogP contribution in [0.15, 0.2) is 0 Å². The van der Waals surface area contributed by atoms with Crippen molar-refractivity contribution in [1.82, 2.24) is 5.32 Å². The number of methoxy groups -OCH3 is 1. The number of aliphatic carboxylic acids is 1. The monoisotopic (exact) mass is 369 g/mol. The fourth-order valence-corrected chi connectivity index (χ4v) is 4.42. The summed E-state index contributed by atoms with van der Waals surface area (Å²) in [6.07, 6.45) is 5.90. The molecule has 1 fully saturated rings. The van der Waals surface area contributed by atoms with Crippen LogP contribution >= 0.6 is 0 Å². The van der Waals surface area contributed by atoms with Gasteiger partial charge in [-0.2, -0.15) is 0 Å². The van der Waals surface area contributed by atoms with Crippen LogP contribution in [0.25, 0.3) is 0 Å². The van der Waals surface area contributed by atoms with E-state index in [4.69, 9.17) is 9.84 Å². The lowest BCUT2D eigenvalue weighted by Gasteiger charge is -2.50. The quantitative estimate of drug-likeness (QED) is 0.563. The van der Waals surface area contributed by atoms with E-state index in [2.05, 4.69) is 26.1 Å². The van der Waals surface area contributed by atoms with Crippen molar-refractivity contribution in [2.45, 2.75) is 79.6 Å². The highest BCUT2D eigenvalue weighted by Crippen LogP contribution is 2.53. The minimum atomic E-state index is -0.729. The van der Waals surface area contributed by atoms with E-state index in [1.807, 2.05) is 13.8 Å². The Kier molecular flexibility index (Phi) is 8.12. The lowest BCUT2D eigenvalue weighted by atomic mass is 9.55. The molecule has 0 aromatic heterocycles. The first kappa shape index (κ1) is 22.9. The number of carbonyl (C=O) groups is 2. The molecule has 1 atom stereocenters. The van der Waals surface area contributed by atoms with Gasteiger partial charge in [0, 0.05) is 6.42 Å². The van der Waals surface area contributed by atoms with Crippen molar-refractivity contribution >= 4 is 11.9 Å². The highest BCUT2D eigenvalue weighted by molar-refractivity contribution is 5.77. The van der Waals surface area contributed by atoms with Crippen molar-refractivity contribution in [1.29, 1.82) is 0 Å². The molecule has 1 heterocycles. The van der Waals surface area contributed by atoms with Crippen LogP contribution in [0, 0.1) is 22.2 Å². The molecule has 1 saturated heterocycles. The van der Waals surface area contributed by atoms with Gasteiger partial charge in [-0.05, 0) is 82.2 Å². The Labute approximate surface area is 159 Å². The van der Waals surface area contributed by atoms with Gasteiger partial charge in [0.25, 0.3) is 0 Å². The smallest absolute Gasteiger partial charge is 0.311 e. The molecule has 26 heavy (non-hydrogen) atoms. The van der Waals surface area contributed by atoms with Crippen LogP contribution in [0.5, 0.6) is 0 Å². The molecule has 152 valence electrons. The van der Waals surface area contributed by atoms with Crippen LogP contribution in [0.2, 0.25) is 0 Å². The van der Waals surface area contributed by atoms with Crippen molar-refractivity contribution < 1.29 is 19.4 Å². The molecule has 5 nitrogen and oxygen atoms in total. The van der Waals surface area contributed by atoms with E-state index in [9.17, 15) is 9.59 Å². The maximum atomic E-state index is 12.6. The number of esters is 1. The summed E-state index contributed by atoms with van der Waals surface area (Å²) in [5.74, 6) is -0.387. The zero-order valence-corrected chi connectivity index (χ0v) is 17.6. The van der Waals surface area contributed by atoms with Crippen molar-refractivity contribution in [3.8, 4) is 0 Å².